The van der Waals surface area contributed by atoms with E-state index in [-0.39, 0.29) is 10.8 Å². The lowest BCUT2D eigenvalue weighted by atomic mass is 9.96. The summed E-state index contributed by atoms with van der Waals surface area (Å²) in [5.41, 5.74) is 2.40. The first-order valence-corrected chi connectivity index (χ1v) is 7.45. The van der Waals surface area contributed by atoms with Crippen LogP contribution in [0, 0.1) is 0 Å². The molecule has 0 aromatic heterocycles. The van der Waals surface area contributed by atoms with Crippen molar-refractivity contribution in [1.29, 1.82) is 0 Å². The van der Waals surface area contributed by atoms with Crippen LogP contribution in [0.15, 0.2) is 29.3 Å². The van der Waals surface area contributed by atoms with Gasteiger partial charge in [0.25, 0.3) is 0 Å². The summed E-state index contributed by atoms with van der Waals surface area (Å²) < 4.78 is 21.5. The maximum atomic E-state index is 12.0. The summed E-state index contributed by atoms with van der Waals surface area (Å²) in [4.78, 5) is 12.1. The Morgan fingerprint density at radius 1 is 1.24 bits per heavy atom. The highest BCUT2D eigenvalue weighted by Gasteiger charge is 2.39. The van der Waals surface area contributed by atoms with Crippen molar-refractivity contribution in [2.45, 2.75) is 10.9 Å². The number of rotatable bonds is 3. The summed E-state index contributed by atoms with van der Waals surface area (Å²) in [6.07, 6.45) is -0.423. The van der Waals surface area contributed by atoms with E-state index in [1.807, 2.05) is 12.1 Å². The molecule has 0 spiro atoms. The molecule has 0 saturated carbocycles. The Kier molecular flexibility index (Phi) is 3.91. The molecule has 112 valence electrons. The summed E-state index contributed by atoms with van der Waals surface area (Å²) >= 11 is 3.51. The Hall–Kier alpha value is -1.53. The number of ether oxygens (including phenoxy) is 4. The van der Waals surface area contributed by atoms with E-state index in [9.17, 15) is 4.79 Å². The molecule has 1 aromatic carbocycles. The van der Waals surface area contributed by atoms with Crippen molar-refractivity contribution in [3.05, 3.63) is 34.9 Å². The van der Waals surface area contributed by atoms with E-state index in [4.69, 9.17) is 18.9 Å². The van der Waals surface area contributed by atoms with Crippen molar-refractivity contribution < 1.29 is 23.7 Å². The summed E-state index contributed by atoms with van der Waals surface area (Å²) in [6, 6.07) is 5.49. The topological polar surface area (TPSA) is 54.0 Å². The second-order valence-electron chi connectivity index (χ2n) is 4.81. The van der Waals surface area contributed by atoms with Crippen LogP contribution < -0.4 is 9.47 Å². The van der Waals surface area contributed by atoms with Gasteiger partial charge in [0.1, 0.15) is 12.7 Å². The fraction of sp³-hybridized carbons (Fsp3) is 0.400. The van der Waals surface area contributed by atoms with Crippen molar-refractivity contribution in [2.24, 2.45) is 0 Å². The van der Waals surface area contributed by atoms with Gasteiger partial charge >= 0.3 is 5.97 Å². The van der Waals surface area contributed by atoms with Gasteiger partial charge < -0.3 is 18.9 Å². The number of benzene rings is 1. The summed E-state index contributed by atoms with van der Waals surface area (Å²) in [5, 5.41) is 0. The number of hydrogen-bond donors (Lipinski definition) is 0. The molecule has 2 heterocycles. The van der Waals surface area contributed by atoms with Gasteiger partial charge in [0.2, 0.25) is 0 Å². The van der Waals surface area contributed by atoms with E-state index < -0.39 is 6.10 Å². The number of carbonyl (C=O) groups excluding carboxylic acids is 1. The van der Waals surface area contributed by atoms with Crippen LogP contribution in [0.3, 0.4) is 0 Å². The zero-order valence-corrected chi connectivity index (χ0v) is 13.3. The molecule has 2 unspecified atom stereocenters. The molecule has 0 fully saturated rings. The molecule has 1 aromatic rings. The predicted octanol–water partition coefficient (Wildman–Crippen LogP) is 2.39. The zero-order valence-electron chi connectivity index (χ0n) is 11.7. The maximum absolute atomic E-state index is 12.0. The first kappa shape index (κ1) is 14.4. The lowest BCUT2D eigenvalue weighted by Crippen LogP contribution is -2.26. The highest BCUT2D eigenvalue weighted by Crippen LogP contribution is 2.42. The first-order chi connectivity index (χ1) is 10.2. The summed E-state index contributed by atoms with van der Waals surface area (Å²) in [6.45, 7) is 0.777. The van der Waals surface area contributed by atoms with Gasteiger partial charge in [0.15, 0.2) is 11.5 Å². The van der Waals surface area contributed by atoms with Gasteiger partial charge in [-0.2, -0.15) is 0 Å². The number of alkyl halides is 1. The van der Waals surface area contributed by atoms with Gasteiger partial charge in [-0.15, -0.1) is 0 Å². The third kappa shape index (κ3) is 2.42. The Morgan fingerprint density at radius 3 is 2.71 bits per heavy atom. The van der Waals surface area contributed by atoms with Crippen molar-refractivity contribution in [3.63, 3.8) is 0 Å². The van der Waals surface area contributed by atoms with Gasteiger partial charge in [-0.1, -0.05) is 22.0 Å². The Labute approximate surface area is 130 Å². The Bertz CT molecular complexity index is 610. The quantitative estimate of drug-likeness (QED) is 0.616. The van der Waals surface area contributed by atoms with E-state index in [1.54, 1.807) is 20.3 Å². The molecule has 3 rings (SSSR count). The fourth-order valence-electron chi connectivity index (χ4n) is 2.61. The van der Waals surface area contributed by atoms with Crippen LogP contribution in [-0.2, 0) is 14.3 Å². The molecule has 21 heavy (non-hydrogen) atoms. The van der Waals surface area contributed by atoms with Crippen LogP contribution in [0.5, 0.6) is 11.5 Å². The Morgan fingerprint density at radius 2 is 2.00 bits per heavy atom. The van der Waals surface area contributed by atoms with E-state index in [0.29, 0.717) is 30.3 Å². The van der Waals surface area contributed by atoms with Gasteiger partial charge in [0, 0.05) is 0 Å². The second-order valence-corrected chi connectivity index (χ2v) is 5.92. The van der Waals surface area contributed by atoms with Crippen LogP contribution in [0.4, 0.5) is 0 Å². The summed E-state index contributed by atoms with van der Waals surface area (Å²) in [5.74, 6) is 0.934. The predicted molar refractivity (Wildman–Crippen MR) is 78.9 cm³/mol. The number of cyclic esters (lactones) is 1. The molecule has 5 nitrogen and oxygen atoms in total. The van der Waals surface area contributed by atoms with Crippen molar-refractivity contribution in [3.8, 4) is 11.5 Å². The van der Waals surface area contributed by atoms with E-state index in [0.717, 1.165) is 11.1 Å². The molecule has 2 aliphatic rings. The smallest absolute Gasteiger partial charge is 0.337 e. The molecule has 0 radical (unpaired) electrons. The first-order valence-electron chi connectivity index (χ1n) is 6.53. The van der Waals surface area contributed by atoms with Gasteiger partial charge in [-0.25, -0.2) is 4.79 Å². The van der Waals surface area contributed by atoms with E-state index >= 15 is 0 Å². The van der Waals surface area contributed by atoms with Crippen molar-refractivity contribution in [1.82, 2.24) is 0 Å². The van der Waals surface area contributed by atoms with Gasteiger partial charge in [-0.05, 0) is 23.3 Å². The number of halogens is 1. The lowest BCUT2D eigenvalue weighted by Gasteiger charge is -2.21. The SMILES string of the molecule is COc1ccc(C2OCC3=C2C(=O)OCC3Br)cc1OC. The van der Waals surface area contributed by atoms with E-state index in [1.165, 1.54) is 0 Å². The molecule has 6 heteroatoms. The normalized spacial score (nSPS) is 24.6. The van der Waals surface area contributed by atoms with Crippen LogP contribution in [0.1, 0.15) is 11.7 Å². The molecular weight excluding hydrogens is 340 g/mol. The van der Waals surface area contributed by atoms with Gasteiger partial charge in [0.05, 0.1) is 31.2 Å². The second kappa shape index (κ2) is 5.69. The fourth-order valence-corrected chi connectivity index (χ4v) is 3.12. The lowest BCUT2D eigenvalue weighted by molar-refractivity contribution is -0.140. The zero-order chi connectivity index (χ0) is 15.0. The molecule has 0 N–H and O–H groups in total. The average molecular weight is 355 g/mol. The van der Waals surface area contributed by atoms with Crippen molar-refractivity contribution >= 4 is 21.9 Å². The number of methoxy groups -OCH3 is 2. The number of hydrogen-bond acceptors (Lipinski definition) is 5. The molecule has 0 amide bonds. The molecule has 2 aliphatic heterocycles. The van der Waals surface area contributed by atoms with Gasteiger partial charge in [-0.3, -0.25) is 0 Å². The minimum atomic E-state index is -0.423. The standard InChI is InChI=1S/C15H15BrO5/c1-18-11-4-3-8(5-12(11)19-2)14-13-9(6-20-14)10(16)7-21-15(13)17/h3-5,10,14H,6-7H2,1-2H3. The van der Waals surface area contributed by atoms with E-state index in [2.05, 4.69) is 15.9 Å². The third-order valence-corrected chi connectivity index (χ3v) is 4.50. The molecule has 0 bridgehead atoms. The number of esters is 1. The van der Waals surface area contributed by atoms with Crippen LogP contribution in [-0.4, -0.2) is 38.2 Å². The summed E-state index contributed by atoms with van der Waals surface area (Å²) in [7, 11) is 3.16. The minimum absolute atomic E-state index is 0.0235. The largest absolute Gasteiger partial charge is 0.493 e. The monoisotopic (exact) mass is 354 g/mol. The highest BCUT2D eigenvalue weighted by molar-refractivity contribution is 9.09. The molecular formula is C15H15BrO5. The minimum Gasteiger partial charge on any atom is -0.493 e. The van der Waals surface area contributed by atoms with Crippen LogP contribution in [0.25, 0.3) is 0 Å². The molecule has 0 saturated heterocycles. The maximum Gasteiger partial charge on any atom is 0.337 e. The highest BCUT2D eigenvalue weighted by atomic mass is 79.9. The molecule has 2 atom stereocenters. The molecule has 0 aliphatic carbocycles. The van der Waals surface area contributed by atoms with Crippen LogP contribution >= 0.6 is 15.9 Å². The van der Waals surface area contributed by atoms with Crippen LogP contribution in [0.2, 0.25) is 0 Å². The Balaban J connectivity index is 2.00. The van der Waals surface area contributed by atoms with Crippen molar-refractivity contribution in [2.75, 3.05) is 27.4 Å². The third-order valence-electron chi connectivity index (χ3n) is 3.68. The number of carbonyl (C=O) groups is 1. The average Bonchev–Trinajstić information content (AvgIpc) is 2.96.